The second-order valence-corrected chi connectivity index (χ2v) is 12.3. The summed E-state index contributed by atoms with van der Waals surface area (Å²) in [5.41, 5.74) is 0.315. The largest absolute Gasteiger partial charge is 0.493 e. The van der Waals surface area contributed by atoms with Gasteiger partial charge in [0, 0.05) is 42.0 Å². The molecule has 3 saturated carbocycles. The zero-order chi connectivity index (χ0) is 23.6. The predicted octanol–water partition coefficient (Wildman–Crippen LogP) is 3.79. The van der Waals surface area contributed by atoms with Gasteiger partial charge in [-0.3, -0.25) is 0 Å². The van der Waals surface area contributed by atoms with Crippen molar-refractivity contribution < 1.29 is 19.3 Å². The molecule has 178 valence electrons. The van der Waals surface area contributed by atoms with Gasteiger partial charge in [0.1, 0.15) is 11.7 Å². The molecule has 7 atom stereocenters. The van der Waals surface area contributed by atoms with E-state index < -0.39 is 11.2 Å². The first-order chi connectivity index (χ1) is 15.5. The van der Waals surface area contributed by atoms with Crippen molar-refractivity contribution in [2.24, 2.45) is 16.7 Å². The summed E-state index contributed by atoms with van der Waals surface area (Å²) in [6.45, 7) is 9.05. The number of hydrogen-bond donors (Lipinski definition) is 1. The number of fused-ring (bicyclic) bond motifs is 2. The first-order valence-corrected chi connectivity index (χ1v) is 12.3. The number of methoxy groups -OCH3 is 2. The Morgan fingerprint density at radius 2 is 1.94 bits per heavy atom. The molecule has 4 aliphatic carbocycles. The molecule has 0 amide bonds. The summed E-state index contributed by atoms with van der Waals surface area (Å²) in [4.78, 5) is 2.03. The number of benzene rings is 1. The van der Waals surface area contributed by atoms with Crippen LogP contribution in [0.15, 0.2) is 12.1 Å². The fourth-order valence-corrected chi connectivity index (χ4v) is 8.91. The van der Waals surface area contributed by atoms with Gasteiger partial charge < -0.3 is 24.2 Å². The van der Waals surface area contributed by atoms with E-state index in [1.54, 1.807) is 14.2 Å². The Labute approximate surface area is 196 Å². The molecule has 2 aliphatic heterocycles. The summed E-state index contributed by atoms with van der Waals surface area (Å²) >= 11 is 0. The molecule has 33 heavy (non-hydrogen) atoms. The molecule has 6 aliphatic rings. The molecule has 4 fully saturated rings. The summed E-state index contributed by atoms with van der Waals surface area (Å²) in [6, 6.07) is 4.30. The minimum atomic E-state index is -0.966. The Bertz CT molecular complexity index is 1070. The number of aliphatic hydroxyl groups is 1. The highest BCUT2D eigenvalue weighted by atomic mass is 16.6. The smallest absolute Gasteiger partial charge is 0.179 e. The van der Waals surface area contributed by atoms with Crippen LogP contribution < -0.4 is 9.47 Å². The molecule has 2 spiro atoms. The molecule has 1 aromatic rings. The fraction of sp³-hybridized carbons (Fsp3) is 0.741. The lowest BCUT2D eigenvalue weighted by atomic mass is 9.33. The van der Waals surface area contributed by atoms with Gasteiger partial charge in [-0.25, -0.2) is 0 Å². The van der Waals surface area contributed by atoms with Crippen molar-refractivity contribution in [3.05, 3.63) is 23.3 Å². The zero-order valence-electron chi connectivity index (χ0n) is 20.7. The minimum Gasteiger partial charge on any atom is -0.493 e. The number of piperidine rings is 1. The predicted molar refractivity (Wildman–Crippen MR) is 123 cm³/mol. The molecule has 2 heterocycles. The van der Waals surface area contributed by atoms with Crippen molar-refractivity contribution in [2.45, 2.75) is 88.6 Å². The Kier molecular flexibility index (Phi) is 4.03. The Hall–Kier alpha value is -1.97. The van der Waals surface area contributed by atoms with Crippen LogP contribution in [-0.4, -0.2) is 54.1 Å². The minimum absolute atomic E-state index is 0.107. The summed E-state index contributed by atoms with van der Waals surface area (Å²) in [7, 11) is 3.50. The lowest BCUT2D eigenvalue weighted by molar-refractivity contribution is -0.309. The number of nitrogens with zero attached hydrogens (tertiary/aromatic N) is 2. The molecule has 6 heteroatoms. The normalized spacial score (nSPS) is 41.6. The number of likely N-dealkylation sites (tertiary alicyclic amines) is 1. The molecule has 1 aromatic carbocycles. The molecule has 6 nitrogen and oxygen atoms in total. The Morgan fingerprint density at radius 3 is 2.58 bits per heavy atom. The summed E-state index contributed by atoms with van der Waals surface area (Å²) < 4.78 is 19.3. The zero-order valence-corrected chi connectivity index (χ0v) is 20.7. The molecular formula is C27H36N2O4. The van der Waals surface area contributed by atoms with Crippen molar-refractivity contribution >= 4 is 0 Å². The van der Waals surface area contributed by atoms with Crippen LogP contribution in [0.25, 0.3) is 0 Å². The Morgan fingerprint density at radius 1 is 1.18 bits per heavy atom. The van der Waals surface area contributed by atoms with Crippen molar-refractivity contribution in [3.8, 4) is 17.7 Å². The van der Waals surface area contributed by atoms with Gasteiger partial charge in [0.2, 0.25) is 0 Å². The number of ether oxygens (including phenoxy) is 3. The SMILES string of the molecule is COc1ccc2c3c1OC1C34CCN(C#N)C(C2)[C@]42CC[C@@]1(OC)C([C@](C)(O)C(C)(C)C)C2. The van der Waals surface area contributed by atoms with E-state index in [0.29, 0.717) is 0 Å². The van der Waals surface area contributed by atoms with Crippen LogP contribution in [0.5, 0.6) is 11.5 Å². The quantitative estimate of drug-likeness (QED) is 0.704. The van der Waals surface area contributed by atoms with Gasteiger partial charge in [0.15, 0.2) is 17.7 Å². The standard InChI is InChI=1S/C27H36N2O4/c1-23(2,3)24(4,30)18-14-25-9-10-27(18,32-6)22-26(25)11-12-29(15-28)19(25)13-16-7-8-17(31-5)21(33-22)20(16)26/h7-8,18-19,22,30H,9-14H2,1-6H3/t18?,19?,22?,24-,25+,26?,27+/m0/s1. The van der Waals surface area contributed by atoms with Gasteiger partial charge in [-0.05, 0) is 56.1 Å². The van der Waals surface area contributed by atoms with E-state index in [0.717, 1.165) is 50.1 Å². The maximum Gasteiger partial charge on any atom is 0.179 e. The van der Waals surface area contributed by atoms with Crippen LogP contribution in [0, 0.1) is 28.2 Å². The highest BCUT2D eigenvalue weighted by Gasteiger charge is 2.82. The third-order valence-electron chi connectivity index (χ3n) is 10.9. The van der Waals surface area contributed by atoms with Crippen LogP contribution in [0.3, 0.4) is 0 Å². The van der Waals surface area contributed by atoms with Gasteiger partial charge in [-0.2, -0.15) is 5.26 Å². The molecule has 1 saturated heterocycles. The first-order valence-electron chi connectivity index (χ1n) is 12.3. The van der Waals surface area contributed by atoms with Crippen molar-refractivity contribution in [2.75, 3.05) is 20.8 Å². The third-order valence-corrected chi connectivity index (χ3v) is 10.9. The van der Waals surface area contributed by atoms with E-state index >= 15 is 0 Å². The molecule has 7 rings (SSSR count). The molecule has 4 unspecified atom stereocenters. The topological polar surface area (TPSA) is 75.0 Å². The van der Waals surface area contributed by atoms with E-state index in [1.807, 2.05) is 17.9 Å². The number of rotatable bonds is 3. The third kappa shape index (κ3) is 2.10. The van der Waals surface area contributed by atoms with Crippen molar-refractivity contribution in [3.63, 3.8) is 0 Å². The number of nitriles is 1. The van der Waals surface area contributed by atoms with Gasteiger partial charge in [0.25, 0.3) is 0 Å². The van der Waals surface area contributed by atoms with E-state index in [-0.39, 0.29) is 34.3 Å². The average Bonchev–Trinajstić information content (AvgIpc) is 3.15. The Balaban J connectivity index is 1.66. The summed E-state index contributed by atoms with van der Waals surface area (Å²) in [5, 5.41) is 22.2. The monoisotopic (exact) mass is 452 g/mol. The van der Waals surface area contributed by atoms with E-state index in [4.69, 9.17) is 14.2 Å². The van der Waals surface area contributed by atoms with Crippen LogP contribution in [0.1, 0.15) is 64.5 Å². The summed E-state index contributed by atoms with van der Waals surface area (Å²) in [5.74, 6) is 1.54. The van der Waals surface area contributed by atoms with Crippen molar-refractivity contribution in [1.82, 2.24) is 4.90 Å². The van der Waals surface area contributed by atoms with Gasteiger partial charge >= 0.3 is 0 Å². The molecule has 0 radical (unpaired) electrons. The summed E-state index contributed by atoms with van der Waals surface area (Å²) in [6.07, 6.45) is 6.68. The molecular weight excluding hydrogens is 416 g/mol. The van der Waals surface area contributed by atoms with Gasteiger partial charge in [0.05, 0.1) is 12.7 Å². The lowest BCUT2D eigenvalue weighted by Gasteiger charge is -2.75. The van der Waals surface area contributed by atoms with E-state index in [2.05, 4.69) is 33.0 Å². The first kappa shape index (κ1) is 21.6. The second kappa shape index (κ2) is 6.17. The maximum atomic E-state index is 12.1. The van der Waals surface area contributed by atoms with E-state index in [9.17, 15) is 10.4 Å². The van der Waals surface area contributed by atoms with Crippen LogP contribution >= 0.6 is 0 Å². The maximum absolute atomic E-state index is 12.1. The molecule has 1 N–H and O–H groups in total. The number of hydrogen-bond acceptors (Lipinski definition) is 6. The second-order valence-electron chi connectivity index (χ2n) is 12.3. The molecule has 0 aromatic heterocycles. The highest BCUT2D eigenvalue weighted by molar-refractivity contribution is 5.63. The fourth-order valence-electron chi connectivity index (χ4n) is 8.91. The lowest BCUT2D eigenvalue weighted by Crippen LogP contribution is -2.83. The molecule has 4 bridgehead atoms. The highest BCUT2D eigenvalue weighted by Crippen LogP contribution is 2.77. The van der Waals surface area contributed by atoms with Gasteiger partial charge in [-0.1, -0.05) is 26.8 Å². The average molecular weight is 453 g/mol. The van der Waals surface area contributed by atoms with Gasteiger partial charge in [-0.15, -0.1) is 0 Å². The van der Waals surface area contributed by atoms with E-state index in [1.165, 1.54) is 11.1 Å². The van der Waals surface area contributed by atoms with Crippen LogP contribution in [0.2, 0.25) is 0 Å². The van der Waals surface area contributed by atoms with Crippen molar-refractivity contribution in [1.29, 1.82) is 5.26 Å². The van der Waals surface area contributed by atoms with Crippen LogP contribution in [0.4, 0.5) is 0 Å². The van der Waals surface area contributed by atoms with Crippen LogP contribution in [-0.2, 0) is 16.6 Å².